The fourth-order valence-electron chi connectivity index (χ4n) is 1.40. The largest absolute Gasteiger partial charge is 0.351 e. The van der Waals surface area contributed by atoms with Crippen molar-refractivity contribution in [1.82, 2.24) is 5.32 Å². The number of amides is 1. The highest BCUT2D eigenvalue weighted by Gasteiger charge is 2.26. The standard InChI is InChI=1S/C10H10F3N5O/c1-4-6(11)5(10(19)16-3-2-14)7(12)8(13)9(4)17-18-15/h2-3,14H2,1H3,(H,16,19). The van der Waals surface area contributed by atoms with Crippen LogP contribution in [0.25, 0.3) is 10.4 Å². The van der Waals surface area contributed by atoms with E-state index in [9.17, 15) is 18.0 Å². The number of nitrogens with one attached hydrogen (secondary N) is 1. The van der Waals surface area contributed by atoms with Crippen LogP contribution in [0.3, 0.4) is 0 Å². The third-order valence-corrected chi connectivity index (χ3v) is 2.33. The van der Waals surface area contributed by atoms with E-state index in [1.54, 1.807) is 0 Å². The maximum atomic E-state index is 13.8. The van der Waals surface area contributed by atoms with Crippen LogP contribution in [0.1, 0.15) is 15.9 Å². The first-order valence-electron chi connectivity index (χ1n) is 5.16. The van der Waals surface area contributed by atoms with Crippen molar-refractivity contribution in [2.24, 2.45) is 10.8 Å². The van der Waals surface area contributed by atoms with Crippen LogP contribution in [0.2, 0.25) is 0 Å². The molecule has 6 nitrogen and oxygen atoms in total. The Morgan fingerprint density at radius 2 is 2.00 bits per heavy atom. The van der Waals surface area contributed by atoms with E-state index in [1.807, 2.05) is 0 Å². The van der Waals surface area contributed by atoms with Gasteiger partial charge in [0, 0.05) is 18.0 Å². The molecule has 0 aliphatic heterocycles. The second-order valence-corrected chi connectivity index (χ2v) is 3.52. The molecule has 0 spiro atoms. The van der Waals surface area contributed by atoms with E-state index in [-0.39, 0.29) is 13.1 Å². The number of azide groups is 1. The number of carbonyl (C=O) groups is 1. The Labute approximate surface area is 106 Å². The van der Waals surface area contributed by atoms with Gasteiger partial charge in [-0.1, -0.05) is 5.11 Å². The van der Waals surface area contributed by atoms with Gasteiger partial charge in [-0.05, 0) is 18.0 Å². The van der Waals surface area contributed by atoms with Crippen LogP contribution < -0.4 is 11.1 Å². The molecule has 3 N–H and O–H groups in total. The summed E-state index contributed by atoms with van der Waals surface area (Å²) in [4.78, 5) is 13.8. The van der Waals surface area contributed by atoms with E-state index < -0.39 is 40.2 Å². The van der Waals surface area contributed by atoms with Crippen molar-refractivity contribution in [3.8, 4) is 0 Å². The Balaban J connectivity index is 3.43. The molecule has 0 saturated heterocycles. The summed E-state index contributed by atoms with van der Waals surface area (Å²) in [6.07, 6.45) is 0. The topological polar surface area (TPSA) is 104 Å². The van der Waals surface area contributed by atoms with Crippen molar-refractivity contribution < 1.29 is 18.0 Å². The van der Waals surface area contributed by atoms with E-state index in [0.29, 0.717) is 0 Å². The van der Waals surface area contributed by atoms with Crippen LogP contribution in [-0.2, 0) is 0 Å². The normalized spacial score (nSPS) is 9.95. The summed E-state index contributed by atoms with van der Waals surface area (Å²) in [5.41, 5.74) is 11.0. The van der Waals surface area contributed by atoms with Crippen LogP contribution in [0.4, 0.5) is 18.9 Å². The maximum absolute atomic E-state index is 13.8. The Kier molecular flexibility index (Phi) is 4.74. The van der Waals surface area contributed by atoms with Gasteiger partial charge in [-0.25, -0.2) is 13.2 Å². The molecule has 0 aromatic heterocycles. The summed E-state index contributed by atoms with van der Waals surface area (Å²) in [7, 11) is 0. The van der Waals surface area contributed by atoms with Crippen LogP contribution in [0.15, 0.2) is 5.11 Å². The summed E-state index contributed by atoms with van der Waals surface area (Å²) in [5.74, 6) is -5.69. The predicted octanol–water partition coefficient (Wildman–Crippen LogP) is 2.04. The highest BCUT2D eigenvalue weighted by Crippen LogP contribution is 2.31. The molecule has 0 saturated carbocycles. The highest BCUT2D eigenvalue weighted by atomic mass is 19.2. The molecule has 0 aliphatic rings. The van der Waals surface area contributed by atoms with E-state index in [4.69, 9.17) is 11.3 Å². The van der Waals surface area contributed by atoms with Crippen LogP contribution in [0.5, 0.6) is 0 Å². The molecule has 1 rings (SSSR count). The second kappa shape index (κ2) is 6.07. The molecular formula is C10H10F3N5O. The van der Waals surface area contributed by atoms with E-state index in [0.717, 1.165) is 6.92 Å². The van der Waals surface area contributed by atoms with Crippen LogP contribution in [-0.4, -0.2) is 19.0 Å². The lowest BCUT2D eigenvalue weighted by atomic mass is 10.1. The summed E-state index contributed by atoms with van der Waals surface area (Å²) in [6, 6.07) is 0. The molecule has 9 heteroatoms. The summed E-state index contributed by atoms with van der Waals surface area (Å²) in [5, 5.41) is 4.99. The summed E-state index contributed by atoms with van der Waals surface area (Å²) < 4.78 is 41.0. The lowest BCUT2D eigenvalue weighted by molar-refractivity contribution is 0.0945. The van der Waals surface area contributed by atoms with Gasteiger partial charge in [0.15, 0.2) is 11.6 Å². The van der Waals surface area contributed by atoms with Gasteiger partial charge >= 0.3 is 0 Å². The predicted molar refractivity (Wildman–Crippen MR) is 61.2 cm³/mol. The molecule has 0 unspecified atom stereocenters. The van der Waals surface area contributed by atoms with Gasteiger partial charge in [0.2, 0.25) is 0 Å². The van der Waals surface area contributed by atoms with Crippen LogP contribution in [0, 0.1) is 24.4 Å². The monoisotopic (exact) mass is 273 g/mol. The van der Waals surface area contributed by atoms with E-state index >= 15 is 0 Å². The molecule has 1 aromatic rings. The number of benzene rings is 1. The second-order valence-electron chi connectivity index (χ2n) is 3.52. The minimum atomic E-state index is -1.71. The zero-order chi connectivity index (χ0) is 14.6. The number of nitrogens with zero attached hydrogens (tertiary/aromatic N) is 3. The van der Waals surface area contributed by atoms with Gasteiger partial charge < -0.3 is 11.1 Å². The highest BCUT2D eigenvalue weighted by molar-refractivity contribution is 5.95. The Morgan fingerprint density at radius 1 is 1.37 bits per heavy atom. The quantitative estimate of drug-likeness (QED) is 0.379. The molecule has 0 aliphatic carbocycles. The van der Waals surface area contributed by atoms with Gasteiger partial charge in [0.25, 0.3) is 5.91 Å². The smallest absolute Gasteiger partial charge is 0.257 e. The number of nitrogens with two attached hydrogens (primary N) is 1. The third kappa shape index (κ3) is 2.78. The van der Waals surface area contributed by atoms with E-state index in [2.05, 4.69) is 15.3 Å². The molecule has 0 atom stereocenters. The molecule has 1 aromatic carbocycles. The number of hydrogen-bond donors (Lipinski definition) is 2. The summed E-state index contributed by atoms with van der Waals surface area (Å²) in [6.45, 7) is 1.12. The first-order chi connectivity index (χ1) is 8.95. The Hall–Kier alpha value is -2.25. The van der Waals surface area contributed by atoms with Gasteiger partial charge in [0.05, 0.1) is 5.69 Å². The number of carbonyl (C=O) groups excluding carboxylic acids is 1. The lowest BCUT2D eigenvalue weighted by Crippen LogP contribution is -2.31. The fourth-order valence-corrected chi connectivity index (χ4v) is 1.40. The molecule has 0 fully saturated rings. The SMILES string of the molecule is Cc1c(F)c(C(=O)NCCN)c(F)c(F)c1N=[N+]=[N-]. The fraction of sp³-hybridized carbons (Fsp3) is 0.300. The third-order valence-electron chi connectivity index (χ3n) is 2.33. The van der Waals surface area contributed by atoms with E-state index in [1.165, 1.54) is 0 Å². The Bertz CT molecular complexity index is 540. The van der Waals surface area contributed by atoms with Crippen molar-refractivity contribution in [2.75, 3.05) is 13.1 Å². The van der Waals surface area contributed by atoms with Crippen molar-refractivity contribution in [3.63, 3.8) is 0 Å². The van der Waals surface area contributed by atoms with Crippen molar-refractivity contribution >= 4 is 11.6 Å². The molecular weight excluding hydrogens is 263 g/mol. The van der Waals surface area contributed by atoms with Crippen molar-refractivity contribution in [1.29, 1.82) is 0 Å². The van der Waals surface area contributed by atoms with Gasteiger partial charge in [-0.3, -0.25) is 4.79 Å². The average molecular weight is 273 g/mol. The van der Waals surface area contributed by atoms with Gasteiger partial charge in [-0.15, -0.1) is 0 Å². The van der Waals surface area contributed by atoms with Gasteiger partial charge in [0.1, 0.15) is 11.4 Å². The number of rotatable bonds is 4. The first-order valence-corrected chi connectivity index (χ1v) is 5.16. The van der Waals surface area contributed by atoms with Gasteiger partial charge in [-0.2, -0.15) is 0 Å². The minimum Gasteiger partial charge on any atom is -0.351 e. The van der Waals surface area contributed by atoms with Crippen LogP contribution >= 0.6 is 0 Å². The molecule has 19 heavy (non-hydrogen) atoms. The minimum absolute atomic E-state index is 0.0174. The number of halogens is 3. The zero-order valence-electron chi connectivity index (χ0n) is 9.88. The average Bonchev–Trinajstić information content (AvgIpc) is 2.39. The Morgan fingerprint density at radius 3 is 2.53 bits per heavy atom. The van der Waals surface area contributed by atoms with Crippen molar-refractivity contribution in [3.05, 3.63) is 39.0 Å². The molecule has 1 amide bonds. The molecule has 0 radical (unpaired) electrons. The lowest BCUT2D eigenvalue weighted by Gasteiger charge is -2.11. The summed E-state index contributed by atoms with van der Waals surface area (Å²) >= 11 is 0. The first kappa shape index (κ1) is 14.8. The molecule has 102 valence electrons. The zero-order valence-corrected chi connectivity index (χ0v) is 9.88. The maximum Gasteiger partial charge on any atom is 0.257 e. The van der Waals surface area contributed by atoms with Crippen molar-refractivity contribution in [2.45, 2.75) is 6.92 Å². The number of hydrogen-bond acceptors (Lipinski definition) is 3. The molecule has 0 heterocycles. The molecule has 0 bridgehead atoms.